The van der Waals surface area contributed by atoms with Gasteiger partial charge in [-0.3, -0.25) is 0 Å². The number of fused-ring (bicyclic) bond motifs is 5. The maximum atomic E-state index is 11.3. The van der Waals surface area contributed by atoms with Gasteiger partial charge in [-0.05, 0) is 58.7 Å². The fourth-order valence-corrected chi connectivity index (χ4v) is 5.78. The van der Waals surface area contributed by atoms with Crippen LogP contribution in [0.2, 0.25) is 0 Å². The fourth-order valence-electron chi connectivity index (χ4n) is 5.78. The van der Waals surface area contributed by atoms with Gasteiger partial charge in [0.15, 0.2) is 0 Å². The van der Waals surface area contributed by atoms with Crippen molar-refractivity contribution in [3.8, 4) is 22.6 Å². The maximum Gasteiger partial charge on any atom is 0.142 e. The second-order valence-electron chi connectivity index (χ2n) is 9.10. The van der Waals surface area contributed by atoms with E-state index < -0.39 is 0 Å². The molecule has 3 aromatic rings. The van der Waals surface area contributed by atoms with Crippen molar-refractivity contribution < 1.29 is 24.1 Å². The van der Waals surface area contributed by atoms with Crippen LogP contribution in [0.25, 0.3) is 21.9 Å². The molecular weight excluding hydrogens is 430 g/mol. The standard InChI is InChI=1S/C28H33NO5/c1-31-12-8-28(9-13-32-2)22-7-5-4-6-19(22)27-21-16-24(29-10-14-34-15-11-29)26(33-3)17-20(21)25(30)18-23(27)28/h4-7,16-18,30H,8-15H2,1-3H3. The second-order valence-corrected chi connectivity index (χ2v) is 9.10. The van der Waals surface area contributed by atoms with E-state index in [1.165, 1.54) is 16.7 Å². The lowest BCUT2D eigenvalue weighted by Crippen LogP contribution is -2.36. The Hall–Kier alpha value is -2.80. The third-order valence-electron chi connectivity index (χ3n) is 7.46. The fraction of sp³-hybridized carbons (Fsp3) is 0.429. The first-order chi connectivity index (χ1) is 16.6. The molecule has 0 bridgehead atoms. The van der Waals surface area contributed by atoms with Gasteiger partial charge < -0.3 is 29.0 Å². The number of nitrogens with zero attached hydrogens (tertiary/aromatic N) is 1. The molecule has 1 aliphatic carbocycles. The average Bonchev–Trinajstić information content (AvgIpc) is 3.15. The number of ether oxygens (including phenoxy) is 4. The topological polar surface area (TPSA) is 60.4 Å². The summed E-state index contributed by atoms with van der Waals surface area (Å²) in [6, 6.07) is 14.7. The zero-order chi connectivity index (χ0) is 23.7. The minimum Gasteiger partial charge on any atom is -0.507 e. The Morgan fingerprint density at radius 2 is 1.62 bits per heavy atom. The first-order valence-electron chi connectivity index (χ1n) is 11.9. The summed E-state index contributed by atoms with van der Waals surface area (Å²) in [6.07, 6.45) is 1.63. The zero-order valence-electron chi connectivity index (χ0n) is 20.2. The highest BCUT2D eigenvalue weighted by atomic mass is 16.5. The summed E-state index contributed by atoms with van der Waals surface area (Å²) < 4.78 is 22.4. The first kappa shape index (κ1) is 23.0. The molecule has 180 valence electrons. The Bertz CT molecular complexity index is 1180. The van der Waals surface area contributed by atoms with Crippen LogP contribution in [-0.4, -0.2) is 66.0 Å². The van der Waals surface area contributed by atoms with E-state index in [0.29, 0.717) is 26.4 Å². The summed E-state index contributed by atoms with van der Waals surface area (Å²) in [5.41, 5.74) is 5.57. The second kappa shape index (κ2) is 9.45. The van der Waals surface area contributed by atoms with E-state index >= 15 is 0 Å². The molecule has 0 saturated carbocycles. The average molecular weight is 464 g/mol. The highest BCUT2D eigenvalue weighted by Gasteiger charge is 2.44. The van der Waals surface area contributed by atoms with Gasteiger partial charge in [0.2, 0.25) is 0 Å². The van der Waals surface area contributed by atoms with Gasteiger partial charge in [0.25, 0.3) is 0 Å². The van der Waals surface area contributed by atoms with E-state index in [0.717, 1.165) is 53.7 Å². The third kappa shape index (κ3) is 3.61. The number of methoxy groups -OCH3 is 3. The third-order valence-corrected chi connectivity index (χ3v) is 7.46. The molecular formula is C28H33NO5. The van der Waals surface area contributed by atoms with Crippen molar-refractivity contribution in [3.63, 3.8) is 0 Å². The zero-order valence-corrected chi connectivity index (χ0v) is 20.2. The van der Waals surface area contributed by atoms with Crippen molar-refractivity contribution in [1.82, 2.24) is 0 Å². The summed E-state index contributed by atoms with van der Waals surface area (Å²) in [4.78, 5) is 2.31. The maximum absolute atomic E-state index is 11.3. The molecule has 0 radical (unpaired) electrons. The highest BCUT2D eigenvalue weighted by molar-refractivity contribution is 6.07. The Kier molecular flexibility index (Phi) is 6.38. The summed E-state index contributed by atoms with van der Waals surface area (Å²) in [7, 11) is 5.17. The number of rotatable bonds is 8. The number of hydrogen-bond acceptors (Lipinski definition) is 6. The molecule has 5 rings (SSSR count). The van der Waals surface area contributed by atoms with E-state index in [-0.39, 0.29) is 11.2 Å². The number of phenolic OH excluding ortho intramolecular Hbond substituents is 1. The molecule has 6 nitrogen and oxygen atoms in total. The Labute approximate surface area is 201 Å². The molecule has 34 heavy (non-hydrogen) atoms. The molecule has 6 heteroatoms. The molecule has 1 heterocycles. The molecule has 0 amide bonds. The molecule has 0 unspecified atom stereocenters. The molecule has 0 spiro atoms. The smallest absolute Gasteiger partial charge is 0.142 e. The Morgan fingerprint density at radius 1 is 0.912 bits per heavy atom. The van der Waals surface area contributed by atoms with Gasteiger partial charge in [-0.1, -0.05) is 24.3 Å². The predicted octanol–water partition coefficient (Wildman–Crippen LogP) is 4.73. The van der Waals surface area contributed by atoms with Crippen molar-refractivity contribution in [3.05, 3.63) is 53.6 Å². The molecule has 1 fully saturated rings. The van der Waals surface area contributed by atoms with E-state index in [9.17, 15) is 5.11 Å². The quantitative estimate of drug-likeness (QED) is 0.521. The van der Waals surface area contributed by atoms with Crippen LogP contribution in [-0.2, 0) is 19.6 Å². The van der Waals surface area contributed by atoms with Gasteiger partial charge in [0.1, 0.15) is 11.5 Å². The largest absolute Gasteiger partial charge is 0.507 e. The Morgan fingerprint density at radius 3 is 2.29 bits per heavy atom. The summed E-state index contributed by atoms with van der Waals surface area (Å²) in [5, 5.41) is 13.1. The monoisotopic (exact) mass is 463 g/mol. The summed E-state index contributed by atoms with van der Waals surface area (Å²) >= 11 is 0. The van der Waals surface area contributed by atoms with Crippen molar-refractivity contribution in [2.24, 2.45) is 0 Å². The van der Waals surface area contributed by atoms with Gasteiger partial charge in [-0.25, -0.2) is 0 Å². The molecule has 0 atom stereocenters. The lowest BCUT2D eigenvalue weighted by molar-refractivity contribution is 0.122. The summed E-state index contributed by atoms with van der Waals surface area (Å²) in [5.74, 6) is 1.04. The number of morpholine rings is 1. The molecule has 1 N–H and O–H groups in total. The van der Waals surface area contributed by atoms with E-state index in [1.54, 1.807) is 21.3 Å². The first-order valence-corrected chi connectivity index (χ1v) is 11.9. The van der Waals surface area contributed by atoms with Crippen LogP contribution < -0.4 is 9.64 Å². The predicted molar refractivity (Wildman–Crippen MR) is 134 cm³/mol. The number of hydrogen-bond donors (Lipinski definition) is 1. The minimum atomic E-state index is -0.289. The summed E-state index contributed by atoms with van der Waals surface area (Å²) in [6.45, 7) is 4.25. The van der Waals surface area contributed by atoms with Crippen LogP contribution in [0.5, 0.6) is 11.5 Å². The SMILES string of the molecule is COCCC1(CCOC)c2ccccc2-c2c1cc(O)c1cc(OC)c(N3CCOCC3)cc21. The Balaban J connectivity index is 1.80. The number of benzene rings is 3. The van der Waals surface area contributed by atoms with Gasteiger partial charge in [0, 0.05) is 51.3 Å². The van der Waals surface area contributed by atoms with Gasteiger partial charge >= 0.3 is 0 Å². The van der Waals surface area contributed by atoms with Gasteiger partial charge in [0.05, 0.1) is 26.0 Å². The van der Waals surface area contributed by atoms with E-state index in [4.69, 9.17) is 18.9 Å². The molecule has 1 aliphatic heterocycles. The van der Waals surface area contributed by atoms with Gasteiger partial charge in [-0.2, -0.15) is 0 Å². The number of aromatic hydroxyl groups is 1. The van der Waals surface area contributed by atoms with E-state index in [1.807, 2.05) is 12.1 Å². The number of anilines is 1. The van der Waals surface area contributed by atoms with Crippen LogP contribution in [0, 0.1) is 0 Å². The number of phenols is 1. The molecule has 3 aromatic carbocycles. The lowest BCUT2D eigenvalue weighted by atomic mass is 9.73. The highest BCUT2D eigenvalue weighted by Crippen LogP contribution is 2.57. The normalized spacial score (nSPS) is 16.5. The van der Waals surface area contributed by atoms with Crippen LogP contribution in [0.3, 0.4) is 0 Å². The lowest BCUT2D eigenvalue weighted by Gasteiger charge is -2.32. The van der Waals surface area contributed by atoms with Crippen molar-refractivity contribution in [1.29, 1.82) is 0 Å². The van der Waals surface area contributed by atoms with Crippen molar-refractivity contribution >= 4 is 16.5 Å². The van der Waals surface area contributed by atoms with Crippen molar-refractivity contribution in [2.45, 2.75) is 18.3 Å². The van der Waals surface area contributed by atoms with Crippen LogP contribution in [0.15, 0.2) is 42.5 Å². The molecule has 2 aliphatic rings. The van der Waals surface area contributed by atoms with Crippen LogP contribution in [0.4, 0.5) is 5.69 Å². The van der Waals surface area contributed by atoms with Crippen LogP contribution in [0.1, 0.15) is 24.0 Å². The van der Waals surface area contributed by atoms with Crippen molar-refractivity contribution in [2.75, 3.05) is 65.7 Å². The van der Waals surface area contributed by atoms with Crippen LogP contribution >= 0.6 is 0 Å². The van der Waals surface area contributed by atoms with E-state index in [2.05, 4.69) is 35.2 Å². The molecule has 0 aromatic heterocycles. The minimum absolute atomic E-state index is 0.271. The van der Waals surface area contributed by atoms with Gasteiger partial charge in [-0.15, -0.1) is 0 Å². The molecule has 1 saturated heterocycles.